The molecule has 10 N–H and O–H groups in total. The molecular weight excluding hydrogens is 1080 g/mol. The van der Waals surface area contributed by atoms with Gasteiger partial charge in [0.15, 0.2) is 6.29 Å². The first-order valence-corrected chi connectivity index (χ1v) is 28.8. The number of rotatable bonds is 8. The second-order valence-electron chi connectivity index (χ2n) is 22.0. The second-order valence-corrected chi connectivity index (χ2v) is 22.0. The van der Waals surface area contributed by atoms with Gasteiger partial charge in [-0.3, -0.25) is 9.59 Å². The van der Waals surface area contributed by atoms with E-state index >= 15 is 0 Å². The lowest BCUT2D eigenvalue weighted by atomic mass is 9.88. The van der Waals surface area contributed by atoms with Crippen LogP contribution >= 0.6 is 0 Å². The molecule has 18 atom stereocenters. The maximum Gasteiger partial charge on any atom is 0.407 e. The molecule has 19 nitrogen and oxygen atoms in total. The van der Waals surface area contributed by atoms with Gasteiger partial charge < -0.3 is 79.7 Å². The number of alkyl carbamates (subject to hydrolysis) is 1. The summed E-state index contributed by atoms with van der Waals surface area (Å²) in [7, 11) is 0. The Kier molecular flexibility index (Phi) is 26.6. The van der Waals surface area contributed by atoms with Crippen molar-refractivity contribution in [3.8, 4) is 11.1 Å². The average Bonchev–Trinajstić information content (AvgIpc) is 2.24. The Bertz CT molecular complexity index is 2650. The minimum Gasteiger partial charge on any atom is -0.494 e. The standard InChI is InChI=1S/C65H85NO18/c1-6-31-79-63(77)58-55(72)36-47-33-45(69)34-54(71)53(70)30-29-43(67)32-44(68)35-57(73)81-41(4)40(3)60(74)39(2)23-17-15-13-11-9-7-8-10-12-14-16-18-24-46(37-56(58)83-47)84-64-62(76)59(61(75)42(5)82-64)66-65(78)80-38-52-50-27-21-19-25-48(50)49-26-20-22-28-51(49)52/h6-28,36,39-46,52-56,58-62,64,67-72,74-76H,1,29-35,37-38H2,2-5H3,(H,66,78)/b8-7+,11-9+,12-10+,15-13+,16-14+,23-17+,24-18+/t39-,40-,41-,42+,43+,44+,45+,46-,53+,54+,55-,56-,58+,59-,60+,61+,62-,64-/m0/s1. The smallest absolute Gasteiger partial charge is 0.407 e. The van der Waals surface area contributed by atoms with Crippen LogP contribution in [-0.4, -0.2) is 169 Å². The minimum absolute atomic E-state index is 0.0248. The van der Waals surface area contributed by atoms with Gasteiger partial charge in [0.25, 0.3) is 0 Å². The third-order valence-electron chi connectivity index (χ3n) is 15.5. The molecule has 3 aliphatic heterocycles. The molecule has 2 aromatic rings. The number of cyclic esters (lactones) is 1. The largest absolute Gasteiger partial charge is 0.494 e. The number of nitrogens with one attached hydrogen (secondary N) is 1. The molecule has 458 valence electrons. The highest BCUT2D eigenvalue weighted by atomic mass is 16.7. The molecule has 0 unspecified atom stereocenters. The quantitative estimate of drug-likeness (QED) is 0.0856. The summed E-state index contributed by atoms with van der Waals surface area (Å²) < 4.78 is 35.5. The van der Waals surface area contributed by atoms with Gasteiger partial charge in [-0.25, -0.2) is 4.79 Å². The number of hydrogen-bond acceptors (Lipinski definition) is 18. The molecule has 3 heterocycles. The topological polar surface area (TPSA) is 301 Å². The fraction of sp³-hybridized carbons (Fsp3) is 0.492. The molecule has 2 bridgehead atoms. The number of carbonyl (C=O) groups is 3. The number of amides is 1. The maximum atomic E-state index is 13.7. The van der Waals surface area contributed by atoms with Gasteiger partial charge in [0.2, 0.25) is 0 Å². The monoisotopic (exact) mass is 1170 g/mol. The van der Waals surface area contributed by atoms with Gasteiger partial charge in [-0.1, -0.05) is 160 Å². The first-order valence-electron chi connectivity index (χ1n) is 28.8. The van der Waals surface area contributed by atoms with Gasteiger partial charge in [0, 0.05) is 37.0 Å². The number of fused-ring (bicyclic) bond motifs is 5. The highest BCUT2D eigenvalue weighted by molar-refractivity contribution is 5.79. The van der Waals surface area contributed by atoms with Crippen LogP contribution in [0.3, 0.4) is 0 Å². The normalized spacial score (nSPS) is 36.2. The first-order chi connectivity index (χ1) is 40.3. The van der Waals surface area contributed by atoms with Crippen molar-refractivity contribution in [3.05, 3.63) is 169 Å². The van der Waals surface area contributed by atoms with Gasteiger partial charge in [0.1, 0.15) is 43.5 Å². The number of hydrogen-bond donors (Lipinski definition) is 10. The Morgan fingerprint density at radius 1 is 0.643 bits per heavy atom. The fourth-order valence-corrected chi connectivity index (χ4v) is 10.7. The van der Waals surface area contributed by atoms with Crippen LogP contribution in [0.15, 0.2) is 158 Å². The number of aliphatic hydroxyl groups is 9. The zero-order valence-electron chi connectivity index (χ0n) is 48.1. The summed E-state index contributed by atoms with van der Waals surface area (Å²) in [4.78, 5) is 40.0. The minimum atomic E-state index is -1.69. The van der Waals surface area contributed by atoms with Crippen LogP contribution in [0.2, 0.25) is 0 Å². The highest BCUT2D eigenvalue weighted by Gasteiger charge is 2.47. The average molecular weight is 1170 g/mol. The van der Waals surface area contributed by atoms with Gasteiger partial charge in [-0.15, -0.1) is 0 Å². The number of carbonyl (C=O) groups excluding carboxylic acids is 3. The van der Waals surface area contributed by atoms with Crippen molar-refractivity contribution in [2.75, 3.05) is 13.2 Å². The van der Waals surface area contributed by atoms with Crippen molar-refractivity contribution >= 4 is 18.0 Å². The number of benzene rings is 2. The maximum absolute atomic E-state index is 13.7. The van der Waals surface area contributed by atoms with Crippen molar-refractivity contribution < 1.29 is 88.8 Å². The van der Waals surface area contributed by atoms with Gasteiger partial charge in [-0.05, 0) is 61.4 Å². The van der Waals surface area contributed by atoms with E-state index in [2.05, 4.69) is 11.9 Å². The molecule has 0 saturated carbocycles. The molecule has 2 aromatic carbocycles. The molecule has 84 heavy (non-hydrogen) atoms. The van der Waals surface area contributed by atoms with Crippen molar-refractivity contribution in [2.24, 2.45) is 17.8 Å². The van der Waals surface area contributed by atoms with Gasteiger partial charge in [-0.2, -0.15) is 0 Å². The lowest BCUT2D eigenvalue weighted by Crippen LogP contribution is -2.64. The number of ether oxygens (including phenoxy) is 6. The van der Waals surface area contributed by atoms with Crippen LogP contribution in [0.25, 0.3) is 11.1 Å². The van der Waals surface area contributed by atoms with E-state index in [4.69, 9.17) is 28.4 Å². The van der Waals surface area contributed by atoms with Crippen LogP contribution in [-0.2, 0) is 38.0 Å². The van der Waals surface area contributed by atoms with Crippen molar-refractivity contribution in [2.45, 2.75) is 170 Å². The van der Waals surface area contributed by atoms with Crippen molar-refractivity contribution in [3.63, 3.8) is 0 Å². The van der Waals surface area contributed by atoms with Crippen LogP contribution in [0.5, 0.6) is 0 Å². The summed E-state index contributed by atoms with van der Waals surface area (Å²) in [5, 5.41) is 103. The van der Waals surface area contributed by atoms with E-state index in [-0.39, 0.29) is 69.3 Å². The lowest BCUT2D eigenvalue weighted by Gasteiger charge is -2.43. The van der Waals surface area contributed by atoms with Crippen LogP contribution in [0, 0.1) is 17.8 Å². The van der Waals surface area contributed by atoms with E-state index in [0.29, 0.717) is 0 Å². The SMILES string of the molecule is C=CCOC(=O)[C@H]1[C@@H]2C[C@@H](O[C@@H]3O[C@H](C)[C@@H](O)[C@H](NC(=O)OCC4c5ccccc5-c5ccccc54)[C@@H]3O)/C=C/C=C/C=C/C=C/C=C/C=C/C=C/[C@H](C)[C@@H](O)[C@@H](C)[C@H](C)OC(=O)C[C@H](O)C[C@H](O)CC[C@@H](O)[C@H](O)C[C@H](O)CC(=C[C@@H]1O)O2. The Balaban J connectivity index is 1.21. The molecular formula is C65H85NO18. The Hall–Kier alpha value is -6.33. The molecule has 19 heteroatoms. The van der Waals surface area contributed by atoms with E-state index in [1.54, 1.807) is 62.5 Å². The summed E-state index contributed by atoms with van der Waals surface area (Å²) in [5.41, 5.74) is 4.05. The third-order valence-corrected chi connectivity index (χ3v) is 15.5. The summed E-state index contributed by atoms with van der Waals surface area (Å²) >= 11 is 0. The predicted molar refractivity (Wildman–Crippen MR) is 313 cm³/mol. The molecule has 1 saturated heterocycles. The first kappa shape index (κ1) is 66.8. The van der Waals surface area contributed by atoms with E-state index in [0.717, 1.165) is 22.3 Å². The van der Waals surface area contributed by atoms with Crippen molar-refractivity contribution in [1.29, 1.82) is 0 Å². The molecule has 6 rings (SSSR count). The zero-order valence-corrected chi connectivity index (χ0v) is 48.1. The number of aliphatic hydroxyl groups excluding tert-OH is 9. The van der Waals surface area contributed by atoms with E-state index in [1.807, 2.05) is 91.9 Å². The molecule has 0 aromatic heterocycles. The second kappa shape index (κ2) is 33.4. The molecule has 0 radical (unpaired) electrons. The third kappa shape index (κ3) is 19.6. The lowest BCUT2D eigenvalue weighted by molar-refractivity contribution is -0.280. The number of allylic oxidation sites excluding steroid dienone is 12. The van der Waals surface area contributed by atoms with Gasteiger partial charge in [0.05, 0.1) is 73.2 Å². The van der Waals surface area contributed by atoms with Gasteiger partial charge >= 0.3 is 18.0 Å². The van der Waals surface area contributed by atoms with Crippen molar-refractivity contribution in [1.82, 2.24) is 5.32 Å². The summed E-state index contributed by atoms with van der Waals surface area (Å²) in [6.45, 7) is 10.2. The van der Waals surface area contributed by atoms with Crippen LogP contribution in [0.1, 0.15) is 89.7 Å². The molecule has 1 aliphatic carbocycles. The molecule has 4 aliphatic rings. The van der Waals surface area contributed by atoms with Crippen LogP contribution in [0.4, 0.5) is 4.79 Å². The zero-order chi connectivity index (χ0) is 60.9. The van der Waals surface area contributed by atoms with E-state index < -0.39 is 128 Å². The summed E-state index contributed by atoms with van der Waals surface area (Å²) in [6.07, 6.45) is 6.80. The number of esters is 2. The van der Waals surface area contributed by atoms with E-state index in [1.165, 1.54) is 19.1 Å². The Labute approximate surface area is 491 Å². The summed E-state index contributed by atoms with van der Waals surface area (Å²) in [6, 6.07) is 14.3. The fourth-order valence-electron chi connectivity index (χ4n) is 10.7. The highest BCUT2D eigenvalue weighted by Crippen LogP contribution is 2.44. The summed E-state index contributed by atoms with van der Waals surface area (Å²) in [5.74, 6) is -3.92. The molecule has 1 amide bonds. The van der Waals surface area contributed by atoms with Crippen LogP contribution < -0.4 is 5.32 Å². The Morgan fingerprint density at radius 2 is 1.23 bits per heavy atom. The predicted octanol–water partition coefficient (Wildman–Crippen LogP) is 5.74. The molecule has 0 spiro atoms. The Morgan fingerprint density at radius 3 is 1.85 bits per heavy atom. The molecule has 1 fully saturated rings. The van der Waals surface area contributed by atoms with E-state index in [9.17, 15) is 60.3 Å².